The van der Waals surface area contributed by atoms with E-state index < -0.39 is 5.91 Å². The molecule has 0 spiro atoms. The molecule has 0 saturated heterocycles. The molecule has 0 atom stereocenters. The average Bonchev–Trinajstić information content (AvgIpc) is 2.41. The Balaban J connectivity index is 2.32. The molecule has 0 aliphatic rings. The summed E-state index contributed by atoms with van der Waals surface area (Å²) in [5.74, 6) is -0.00614. The highest BCUT2D eigenvalue weighted by Gasteiger charge is 2.14. The summed E-state index contributed by atoms with van der Waals surface area (Å²) >= 11 is 2.07. The summed E-state index contributed by atoms with van der Waals surface area (Å²) in [6.07, 6.45) is 0. The molecule has 0 unspecified atom stereocenters. The summed E-state index contributed by atoms with van der Waals surface area (Å²) in [5.41, 5.74) is 6.85. The number of amides is 1. The highest BCUT2D eigenvalue weighted by molar-refractivity contribution is 14.1. The number of hydrogen-bond acceptors (Lipinski definition) is 4. The lowest BCUT2D eigenvalue weighted by Crippen LogP contribution is -2.13. The number of hydrogen-bond donors (Lipinski definition) is 3. The van der Waals surface area contributed by atoms with E-state index in [-0.39, 0.29) is 11.3 Å². The molecule has 0 saturated carbocycles. The molecule has 2 aromatic rings. The van der Waals surface area contributed by atoms with Crippen LogP contribution in [0.25, 0.3) is 0 Å². The summed E-state index contributed by atoms with van der Waals surface area (Å²) in [5, 5.41) is 12.4. The number of halogens is 1. The minimum Gasteiger partial charge on any atom is -0.507 e. The van der Waals surface area contributed by atoms with Crippen molar-refractivity contribution in [3.05, 3.63) is 45.5 Å². The SMILES string of the molecule is COc1ccc(N)cc1NC(=O)c1cc(I)ccc1O. The molecule has 0 radical (unpaired) electrons. The number of nitrogens with one attached hydrogen (secondary N) is 1. The second-order valence-electron chi connectivity index (χ2n) is 4.08. The Labute approximate surface area is 129 Å². The summed E-state index contributed by atoms with van der Waals surface area (Å²) < 4.78 is 6.01. The highest BCUT2D eigenvalue weighted by Crippen LogP contribution is 2.28. The van der Waals surface area contributed by atoms with Crippen LogP contribution in [0.2, 0.25) is 0 Å². The van der Waals surface area contributed by atoms with Gasteiger partial charge in [0.05, 0.1) is 18.4 Å². The third-order valence-electron chi connectivity index (χ3n) is 2.67. The fourth-order valence-corrected chi connectivity index (χ4v) is 2.19. The highest BCUT2D eigenvalue weighted by atomic mass is 127. The lowest BCUT2D eigenvalue weighted by Gasteiger charge is -2.11. The molecule has 2 aromatic carbocycles. The first-order valence-corrected chi connectivity index (χ1v) is 6.82. The first-order valence-electron chi connectivity index (χ1n) is 5.74. The maximum Gasteiger partial charge on any atom is 0.259 e. The van der Waals surface area contributed by atoms with Crippen LogP contribution in [-0.2, 0) is 0 Å². The number of carbonyl (C=O) groups excluding carboxylic acids is 1. The number of ether oxygens (including phenoxy) is 1. The second kappa shape index (κ2) is 6.00. The van der Waals surface area contributed by atoms with Crippen LogP contribution in [0, 0.1) is 3.57 Å². The topological polar surface area (TPSA) is 84.6 Å². The van der Waals surface area contributed by atoms with Crippen molar-refractivity contribution in [3.63, 3.8) is 0 Å². The maximum absolute atomic E-state index is 12.2. The Kier molecular flexibility index (Phi) is 4.33. The Bertz CT molecular complexity index is 659. The van der Waals surface area contributed by atoms with Gasteiger partial charge in [-0.05, 0) is 59.0 Å². The van der Waals surface area contributed by atoms with Gasteiger partial charge in [-0.1, -0.05) is 0 Å². The van der Waals surface area contributed by atoms with Crippen LogP contribution in [0.15, 0.2) is 36.4 Å². The normalized spacial score (nSPS) is 10.1. The van der Waals surface area contributed by atoms with Gasteiger partial charge in [0.2, 0.25) is 0 Å². The van der Waals surface area contributed by atoms with Crippen LogP contribution in [0.3, 0.4) is 0 Å². The van der Waals surface area contributed by atoms with E-state index in [1.54, 1.807) is 30.3 Å². The number of aromatic hydroxyl groups is 1. The lowest BCUT2D eigenvalue weighted by atomic mass is 10.1. The molecule has 20 heavy (non-hydrogen) atoms. The first-order chi connectivity index (χ1) is 9.51. The molecule has 0 heterocycles. The van der Waals surface area contributed by atoms with Gasteiger partial charge in [0.15, 0.2) is 0 Å². The van der Waals surface area contributed by atoms with Crippen LogP contribution in [0.5, 0.6) is 11.5 Å². The van der Waals surface area contributed by atoms with Crippen molar-refractivity contribution in [2.24, 2.45) is 0 Å². The number of nitrogen functional groups attached to an aromatic ring is 1. The predicted molar refractivity (Wildman–Crippen MR) is 86.2 cm³/mol. The third-order valence-corrected chi connectivity index (χ3v) is 3.35. The van der Waals surface area contributed by atoms with Gasteiger partial charge in [0, 0.05) is 9.26 Å². The van der Waals surface area contributed by atoms with Crippen molar-refractivity contribution >= 4 is 39.9 Å². The van der Waals surface area contributed by atoms with E-state index in [0.717, 1.165) is 3.57 Å². The second-order valence-corrected chi connectivity index (χ2v) is 5.32. The largest absolute Gasteiger partial charge is 0.507 e. The van der Waals surface area contributed by atoms with Crippen LogP contribution in [-0.4, -0.2) is 18.1 Å². The Hall–Kier alpha value is -1.96. The van der Waals surface area contributed by atoms with Crippen molar-refractivity contribution in [1.82, 2.24) is 0 Å². The molecular weight excluding hydrogens is 371 g/mol. The Morgan fingerprint density at radius 1 is 1.30 bits per heavy atom. The third kappa shape index (κ3) is 3.13. The van der Waals surface area contributed by atoms with Crippen LogP contribution in [0.4, 0.5) is 11.4 Å². The fourth-order valence-electron chi connectivity index (χ4n) is 1.70. The Morgan fingerprint density at radius 3 is 2.75 bits per heavy atom. The molecule has 1 amide bonds. The van der Waals surface area contributed by atoms with Crippen molar-refractivity contribution in [2.45, 2.75) is 0 Å². The van der Waals surface area contributed by atoms with Gasteiger partial charge in [-0.2, -0.15) is 0 Å². The maximum atomic E-state index is 12.2. The van der Waals surface area contributed by atoms with E-state index in [2.05, 4.69) is 27.9 Å². The number of phenolic OH excluding ortho intramolecular Hbond substituents is 1. The number of nitrogens with two attached hydrogens (primary N) is 1. The number of carbonyl (C=O) groups is 1. The standard InChI is InChI=1S/C14H13IN2O3/c1-20-13-5-3-9(16)7-11(13)17-14(19)10-6-8(15)2-4-12(10)18/h2-7,18H,16H2,1H3,(H,17,19). The van der Waals surface area contributed by atoms with Gasteiger partial charge < -0.3 is 20.9 Å². The van der Waals surface area contributed by atoms with Crippen LogP contribution in [0.1, 0.15) is 10.4 Å². The van der Waals surface area contributed by atoms with Gasteiger partial charge in [0.25, 0.3) is 5.91 Å². The molecule has 0 aliphatic heterocycles. The fraction of sp³-hybridized carbons (Fsp3) is 0.0714. The van der Waals surface area contributed by atoms with Gasteiger partial charge in [-0.25, -0.2) is 0 Å². The summed E-state index contributed by atoms with van der Waals surface area (Å²) in [7, 11) is 1.50. The summed E-state index contributed by atoms with van der Waals surface area (Å²) in [6.45, 7) is 0. The minimum absolute atomic E-state index is 0.0780. The smallest absolute Gasteiger partial charge is 0.259 e. The van der Waals surface area contributed by atoms with Crippen LogP contribution < -0.4 is 15.8 Å². The number of anilines is 2. The molecule has 5 nitrogen and oxygen atoms in total. The van der Waals surface area contributed by atoms with Crippen LogP contribution >= 0.6 is 22.6 Å². The van der Waals surface area contributed by atoms with Crippen molar-refractivity contribution in [1.29, 1.82) is 0 Å². The number of methoxy groups -OCH3 is 1. The number of benzene rings is 2. The quantitative estimate of drug-likeness (QED) is 0.561. The van der Waals surface area contributed by atoms with E-state index in [4.69, 9.17) is 10.5 Å². The monoisotopic (exact) mass is 384 g/mol. The first kappa shape index (κ1) is 14.4. The van der Waals surface area contributed by atoms with Gasteiger partial charge >= 0.3 is 0 Å². The van der Waals surface area contributed by atoms with Crippen molar-refractivity contribution < 1.29 is 14.6 Å². The molecule has 6 heteroatoms. The summed E-state index contributed by atoms with van der Waals surface area (Å²) in [4.78, 5) is 12.2. The van der Waals surface area contributed by atoms with E-state index >= 15 is 0 Å². The van der Waals surface area contributed by atoms with E-state index in [1.165, 1.54) is 13.2 Å². The summed E-state index contributed by atoms with van der Waals surface area (Å²) in [6, 6.07) is 9.74. The van der Waals surface area contributed by atoms with E-state index in [1.807, 2.05) is 0 Å². The molecular formula is C14H13IN2O3. The van der Waals surface area contributed by atoms with Gasteiger partial charge in [-0.15, -0.1) is 0 Å². The predicted octanol–water partition coefficient (Wildman–Crippen LogP) is 2.84. The molecule has 104 valence electrons. The zero-order valence-corrected chi connectivity index (χ0v) is 12.8. The number of rotatable bonds is 3. The zero-order valence-electron chi connectivity index (χ0n) is 10.7. The Morgan fingerprint density at radius 2 is 2.05 bits per heavy atom. The molecule has 0 fully saturated rings. The van der Waals surface area contributed by atoms with Gasteiger partial charge in [0.1, 0.15) is 11.5 Å². The molecule has 4 N–H and O–H groups in total. The van der Waals surface area contributed by atoms with Crippen molar-refractivity contribution in [3.8, 4) is 11.5 Å². The van der Waals surface area contributed by atoms with Gasteiger partial charge in [-0.3, -0.25) is 4.79 Å². The van der Waals surface area contributed by atoms with E-state index in [9.17, 15) is 9.90 Å². The minimum atomic E-state index is -0.426. The van der Waals surface area contributed by atoms with E-state index in [0.29, 0.717) is 17.1 Å². The number of phenols is 1. The average molecular weight is 384 g/mol. The lowest BCUT2D eigenvalue weighted by molar-refractivity contribution is 0.102. The molecule has 0 bridgehead atoms. The molecule has 2 rings (SSSR count). The molecule has 0 aromatic heterocycles. The molecule has 0 aliphatic carbocycles. The zero-order chi connectivity index (χ0) is 14.7. The van der Waals surface area contributed by atoms with Crippen molar-refractivity contribution in [2.75, 3.05) is 18.2 Å².